The van der Waals surface area contributed by atoms with Crippen LogP contribution < -0.4 is 5.32 Å². The number of hydrogen-bond donors (Lipinski definition) is 1. The van der Waals surface area contributed by atoms with Crippen LogP contribution in [0.2, 0.25) is 0 Å². The molecule has 3 nitrogen and oxygen atoms in total. The van der Waals surface area contributed by atoms with Crippen LogP contribution in [-0.2, 0) is 0 Å². The molecule has 0 fully saturated rings. The van der Waals surface area contributed by atoms with E-state index in [-0.39, 0.29) is 0 Å². The van der Waals surface area contributed by atoms with Crippen LogP contribution in [0.3, 0.4) is 0 Å². The van der Waals surface area contributed by atoms with E-state index < -0.39 is 0 Å². The van der Waals surface area contributed by atoms with Crippen molar-refractivity contribution >= 4 is 23.0 Å². The van der Waals surface area contributed by atoms with E-state index in [0.717, 1.165) is 17.3 Å². The number of rotatable bonds is 3. The van der Waals surface area contributed by atoms with Crippen molar-refractivity contribution in [3.05, 3.63) is 59.6 Å². The Kier molecular flexibility index (Phi) is 3.25. The third-order valence-corrected chi connectivity index (χ3v) is 3.59. The standard InChI is InChI=1S/C15H13N3S/c1-11-7-8-16-15(10-11)18-14-6-2-4-12(17-14)13-5-3-9-19-13/h2-10H,1H3,(H,16,17,18). The summed E-state index contributed by atoms with van der Waals surface area (Å²) >= 11 is 1.69. The van der Waals surface area contributed by atoms with Gasteiger partial charge in [-0.25, -0.2) is 9.97 Å². The molecule has 19 heavy (non-hydrogen) atoms. The highest BCUT2D eigenvalue weighted by molar-refractivity contribution is 7.13. The molecule has 1 N–H and O–H groups in total. The number of nitrogens with one attached hydrogen (secondary N) is 1. The van der Waals surface area contributed by atoms with Crippen molar-refractivity contribution in [3.8, 4) is 10.6 Å². The van der Waals surface area contributed by atoms with Crippen molar-refractivity contribution in [2.24, 2.45) is 0 Å². The van der Waals surface area contributed by atoms with E-state index >= 15 is 0 Å². The van der Waals surface area contributed by atoms with Crippen molar-refractivity contribution < 1.29 is 0 Å². The summed E-state index contributed by atoms with van der Waals surface area (Å²) in [6.07, 6.45) is 1.79. The highest BCUT2D eigenvalue weighted by atomic mass is 32.1. The summed E-state index contributed by atoms with van der Waals surface area (Å²) in [7, 11) is 0. The molecule has 0 spiro atoms. The molecule has 0 atom stereocenters. The van der Waals surface area contributed by atoms with Crippen molar-refractivity contribution in [3.63, 3.8) is 0 Å². The largest absolute Gasteiger partial charge is 0.325 e. The first-order chi connectivity index (χ1) is 9.31. The van der Waals surface area contributed by atoms with Crippen LogP contribution in [0.1, 0.15) is 5.56 Å². The zero-order valence-electron chi connectivity index (χ0n) is 10.5. The number of anilines is 2. The first-order valence-electron chi connectivity index (χ1n) is 6.02. The Morgan fingerprint density at radius 3 is 2.79 bits per heavy atom. The van der Waals surface area contributed by atoms with Gasteiger partial charge in [0.2, 0.25) is 0 Å². The maximum atomic E-state index is 4.60. The van der Waals surface area contributed by atoms with Gasteiger partial charge in [-0.05, 0) is 48.2 Å². The van der Waals surface area contributed by atoms with Crippen molar-refractivity contribution in [2.45, 2.75) is 6.92 Å². The highest BCUT2D eigenvalue weighted by Crippen LogP contribution is 2.24. The fraction of sp³-hybridized carbons (Fsp3) is 0.0667. The summed E-state index contributed by atoms with van der Waals surface area (Å²) in [5.41, 5.74) is 2.15. The number of aryl methyl sites for hydroxylation is 1. The summed E-state index contributed by atoms with van der Waals surface area (Å²) in [6, 6.07) is 14.0. The van der Waals surface area contributed by atoms with Crippen molar-refractivity contribution in [2.75, 3.05) is 5.32 Å². The van der Waals surface area contributed by atoms with Crippen molar-refractivity contribution in [1.29, 1.82) is 0 Å². The molecule has 0 saturated carbocycles. The topological polar surface area (TPSA) is 37.8 Å². The quantitative estimate of drug-likeness (QED) is 0.770. The van der Waals surface area contributed by atoms with Crippen LogP contribution in [-0.4, -0.2) is 9.97 Å². The third-order valence-electron chi connectivity index (χ3n) is 2.69. The second-order valence-electron chi connectivity index (χ2n) is 4.23. The predicted molar refractivity (Wildman–Crippen MR) is 79.8 cm³/mol. The number of aromatic nitrogens is 2. The van der Waals surface area contributed by atoms with E-state index in [0.29, 0.717) is 0 Å². The summed E-state index contributed by atoms with van der Waals surface area (Å²) in [5.74, 6) is 1.62. The normalized spacial score (nSPS) is 10.4. The van der Waals surface area contributed by atoms with Gasteiger partial charge in [-0.1, -0.05) is 12.1 Å². The molecule has 0 saturated heterocycles. The maximum Gasteiger partial charge on any atom is 0.132 e. The van der Waals surface area contributed by atoms with Crippen LogP contribution >= 0.6 is 11.3 Å². The van der Waals surface area contributed by atoms with E-state index in [1.54, 1.807) is 17.5 Å². The van der Waals surface area contributed by atoms with Crippen molar-refractivity contribution in [1.82, 2.24) is 9.97 Å². The number of nitrogens with zero attached hydrogens (tertiary/aromatic N) is 2. The summed E-state index contributed by atoms with van der Waals surface area (Å²) in [4.78, 5) is 10.0. The van der Waals surface area contributed by atoms with E-state index in [2.05, 4.69) is 26.7 Å². The molecule has 94 valence electrons. The van der Waals surface area contributed by atoms with Gasteiger partial charge in [0.1, 0.15) is 11.6 Å². The summed E-state index contributed by atoms with van der Waals surface area (Å²) in [6.45, 7) is 2.04. The SMILES string of the molecule is Cc1ccnc(Nc2cccc(-c3cccs3)n2)c1. The van der Waals surface area contributed by atoms with Crippen LogP contribution in [0.15, 0.2) is 54.0 Å². The van der Waals surface area contributed by atoms with E-state index in [1.807, 2.05) is 43.3 Å². The zero-order chi connectivity index (χ0) is 13.1. The average molecular weight is 267 g/mol. The molecule has 0 aliphatic carbocycles. The van der Waals surface area contributed by atoms with Gasteiger partial charge < -0.3 is 5.32 Å². The summed E-state index contributed by atoms with van der Waals surface area (Å²) in [5, 5.41) is 5.28. The predicted octanol–water partition coefficient (Wildman–Crippen LogP) is 4.26. The number of hydrogen-bond acceptors (Lipinski definition) is 4. The maximum absolute atomic E-state index is 4.60. The average Bonchev–Trinajstić information content (AvgIpc) is 2.93. The molecule has 0 amide bonds. The molecule has 0 aliphatic rings. The fourth-order valence-corrected chi connectivity index (χ4v) is 2.50. The lowest BCUT2D eigenvalue weighted by molar-refractivity contribution is 1.24. The lowest BCUT2D eigenvalue weighted by atomic mass is 10.3. The highest BCUT2D eigenvalue weighted by Gasteiger charge is 2.02. The lowest BCUT2D eigenvalue weighted by Crippen LogP contribution is -1.96. The van der Waals surface area contributed by atoms with Gasteiger partial charge in [0.05, 0.1) is 10.6 Å². The van der Waals surface area contributed by atoms with Gasteiger partial charge in [0.25, 0.3) is 0 Å². The molecule has 3 aromatic heterocycles. The molecule has 3 rings (SSSR count). The second kappa shape index (κ2) is 5.20. The Labute approximate surface area is 116 Å². The van der Waals surface area contributed by atoms with Crippen LogP contribution in [0.25, 0.3) is 10.6 Å². The first kappa shape index (κ1) is 11.9. The monoisotopic (exact) mass is 267 g/mol. The lowest BCUT2D eigenvalue weighted by Gasteiger charge is -2.06. The molecular weight excluding hydrogens is 254 g/mol. The van der Waals surface area contributed by atoms with Crippen LogP contribution in [0.4, 0.5) is 11.6 Å². The second-order valence-corrected chi connectivity index (χ2v) is 5.18. The smallest absolute Gasteiger partial charge is 0.132 e. The first-order valence-corrected chi connectivity index (χ1v) is 6.90. The molecule has 0 bridgehead atoms. The molecule has 0 unspecified atom stereocenters. The molecular formula is C15H13N3S. The van der Waals surface area contributed by atoms with Gasteiger partial charge >= 0.3 is 0 Å². The Morgan fingerprint density at radius 1 is 1.05 bits per heavy atom. The molecule has 3 heterocycles. The number of pyridine rings is 2. The minimum atomic E-state index is 0.809. The molecule has 0 aromatic carbocycles. The van der Waals surface area contributed by atoms with E-state index in [9.17, 15) is 0 Å². The van der Waals surface area contributed by atoms with Crippen LogP contribution in [0.5, 0.6) is 0 Å². The fourth-order valence-electron chi connectivity index (χ4n) is 1.80. The third kappa shape index (κ3) is 2.80. The van der Waals surface area contributed by atoms with Gasteiger partial charge in [0.15, 0.2) is 0 Å². The van der Waals surface area contributed by atoms with Gasteiger partial charge in [-0.3, -0.25) is 0 Å². The Morgan fingerprint density at radius 2 is 2.00 bits per heavy atom. The van der Waals surface area contributed by atoms with Gasteiger partial charge in [-0.15, -0.1) is 11.3 Å². The molecule has 3 aromatic rings. The Balaban J connectivity index is 1.88. The molecule has 4 heteroatoms. The Hall–Kier alpha value is -2.20. The van der Waals surface area contributed by atoms with Crippen LogP contribution in [0, 0.1) is 6.92 Å². The molecule has 0 aliphatic heterocycles. The number of thiophene rings is 1. The zero-order valence-corrected chi connectivity index (χ0v) is 11.3. The van der Waals surface area contributed by atoms with E-state index in [4.69, 9.17) is 0 Å². The van der Waals surface area contributed by atoms with E-state index in [1.165, 1.54) is 10.4 Å². The Bertz CT molecular complexity index is 677. The minimum absolute atomic E-state index is 0.809. The van der Waals surface area contributed by atoms with Gasteiger partial charge in [-0.2, -0.15) is 0 Å². The minimum Gasteiger partial charge on any atom is -0.325 e. The summed E-state index contributed by atoms with van der Waals surface area (Å²) < 4.78 is 0. The molecule has 0 radical (unpaired) electrons. The van der Waals surface area contributed by atoms with Gasteiger partial charge in [0, 0.05) is 6.20 Å².